The average molecular weight is 421 g/mol. The summed E-state index contributed by atoms with van der Waals surface area (Å²) in [6.45, 7) is 3.01. The van der Waals surface area contributed by atoms with E-state index in [2.05, 4.69) is 15.0 Å². The van der Waals surface area contributed by atoms with Gasteiger partial charge in [0.1, 0.15) is 11.4 Å². The summed E-state index contributed by atoms with van der Waals surface area (Å²) in [7, 11) is 2.01. The Morgan fingerprint density at radius 2 is 1.87 bits per heavy atom. The number of likely N-dealkylation sites (tertiary alicyclic amines) is 1. The molecule has 0 spiro atoms. The number of hydrogen-bond donors (Lipinski definition) is 0. The molecular weight excluding hydrogens is 392 g/mol. The van der Waals surface area contributed by atoms with E-state index in [4.69, 9.17) is 9.26 Å². The first kappa shape index (κ1) is 21.1. The Kier molecular flexibility index (Phi) is 6.94. The molecule has 7 heteroatoms. The average Bonchev–Trinajstić information content (AvgIpc) is 3.28. The summed E-state index contributed by atoms with van der Waals surface area (Å²) in [5.74, 6) is 1.57. The maximum atomic E-state index is 12.4. The van der Waals surface area contributed by atoms with E-state index in [9.17, 15) is 4.79 Å². The predicted octanol–water partition coefficient (Wildman–Crippen LogP) is 3.76. The van der Waals surface area contributed by atoms with Gasteiger partial charge in [0.2, 0.25) is 0 Å². The van der Waals surface area contributed by atoms with Gasteiger partial charge in [0, 0.05) is 37.5 Å². The highest BCUT2D eigenvalue weighted by Crippen LogP contribution is 2.22. The largest absolute Gasteiger partial charge is 0.483 e. The van der Waals surface area contributed by atoms with Crippen molar-refractivity contribution < 1.29 is 14.1 Å². The highest BCUT2D eigenvalue weighted by molar-refractivity contribution is 5.77. The SMILES string of the molecule is CN(Cc1cc(-c2ccccn2)no1)Cc1ccccc1OCC(=O)N1CCCCC1. The molecule has 0 N–H and O–H groups in total. The van der Waals surface area contributed by atoms with Gasteiger partial charge in [-0.15, -0.1) is 0 Å². The zero-order valence-electron chi connectivity index (χ0n) is 17.9. The second kappa shape index (κ2) is 10.2. The zero-order valence-corrected chi connectivity index (χ0v) is 17.9. The van der Waals surface area contributed by atoms with Gasteiger partial charge in [-0.2, -0.15) is 0 Å². The Hall–Kier alpha value is -3.19. The van der Waals surface area contributed by atoms with Crippen LogP contribution in [0.2, 0.25) is 0 Å². The van der Waals surface area contributed by atoms with Gasteiger partial charge in [-0.1, -0.05) is 29.4 Å². The molecule has 2 aromatic heterocycles. The number of rotatable bonds is 8. The van der Waals surface area contributed by atoms with Crippen LogP contribution in [0.5, 0.6) is 5.75 Å². The van der Waals surface area contributed by atoms with Gasteiger partial charge in [-0.05, 0) is 44.5 Å². The number of amides is 1. The first-order chi connectivity index (χ1) is 15.2. The second-order valence-corrected chi connectivity index (χ2v) is 7.90. The summed E-state index contributed by atoms with van der Waals surface area (Å²) in [5.41, 5.74) is 2.54. The van der Waals surface area contributed by atoms with Gasteiger partial charge in [0.05, 0.1) is 12.2 Å². The van der Waals surface area contributed by atoms with Crippen molar-refractivity contribution in [1.29, 1.82) is 0 Å². The quantitative estimate of drug-likeness (QED) is 0.553. The molecule has 7 nitrogen and oxygen atoms in total. The van der Waals surface area contributed by atoms with E-state index in [0.717, 1.165) is 54.4 Å². The van der Waals surface area contributed by atoms with Crippen LogP contribution in [0.1, 0.15) is 30.6 Å². The molecule has 0 radical (unpaired) electrons. The molecule has 31 heavy (non-hydrogen) atoms. The molecule has 0 saturated carbocycles. The first-order valence-corrected chi connectivity index (χ1v) is 10.7. The Morgan fingerprint density at radius 3 is 2.68 bits per heavy atom. The molecule has 0 unspecified atom stereocenters. The number of carbonyl (C=O) groups is 1. The summed E-state index contributed by atoms with van der Waals surface area (Å²) in [6, 6.07) is 15.5. The number of piperidine rings is 1. The number of hydrogen-bond acceptors (Lipinski definition) is 6. The molecule has 0 bridgehead atoms. The summed E-state index contributed by atoms with van der Waals surface area (Å²) < 4.78 is 11.4. The molecule has 0 aliphatic carbocycles. The minimum atomic E-state index is 0.0616. The van der Waals surface area contributed by atoms with E-state index in [0.29, 0.717) is 13.1 Å². The van der Waals surface area contributed by atoms with Gasteiger partial charge >= 0.3 is 0 Å². The van der Waals surface area contributed by atoms with Crippen LogP contribution in [-0.2, 0) is 17.9 Å². The molecule has 1 aliphatic rings. The Balaban J connectivity index is 1.34. The highest BCUT2D eigenvalue weighted by atomic mass is 16.5. The lowest BCUT2D eigenvalue weighted by molar-refractivity contribution is -0.134. The van der Waals surface area contributed by atoms with E-state index in [-0.39, 0.29) is 12.5 Å². The summed E-state index contributed by atoms with van der Waals surface area (Å²) in [6.07, 6.45) is 5.10. The number of aromatic nitrogens is 2. The molecular formula is C24H28N4O3. The topological polar surface area (TPSA) is 71.7 Å². The van der Waals surface area contributed by atoms with Gasteiger partial charge < -0.3 is 14.2 Å². The fourth-order valence-corrected chi connectivity index (χ4v) is 3.78. The highest BCUT2D eigenvalue weighted by Gasteiger charge is 2.18. The van der Waals surface area contributed by atoms with Gasteiger partial charge in [0.25, 0.3) is 5.91 Å². The number of carbonyl (C=O) groups excluding carboxylic acids is 1. The summed E-state index contributed by atoms with van der Waals surface area (Å²) in [4.78, 5) is 20.8. The third-order valence-electron chi connectivity index (χ3n) is 5.38. The van der Waals surface area contributed by atoms with E-state index in [1.54, 1.807) is 6.20 Å². The Labute approximate surface area is 182 Å². The number of nitrogens with zero attached hydrogens (tertiary/aromatic N) is 4. The number of pyridine rings is 1. The third-order valence-corrected chi connectivity index (χ3v) is 5.38. The number of ether oxygens (including phenoxy) is 1. The lowest BCUT2D eigenvalue weighted by atomic mass is 10.1. The van der Waals surface area contributed by atoms with Crippen LogP contribution < -0.4 is 4.74 Å². The van der Waals surface area contributed by atoms with Crippen molar-refractivity contribution in [2.75, 3.05) is 26.7 Å². The predicted molar refractivity (Wildman–Crippen MR) is 117 cm³/mol. The second-order valence-electron chi connectivity index (χ2n) is 7.90. The van der Waals surface area contributed by atoms with Crippen LogP contribution in [0.4, 0.5) is 0 Å². The van der Waals surface area contributed by atoms with Crippen LogP contribution in [0.3, 0.4) is 0 Å². The number of para-hydroxylation sites is 1. The van der Waals surface area contributed by atoms with E-state index < -0.39 is 0 Å². The zero-order chi connectivity index (χ0) is 21.5. The smallest absolute Gasteiger partial charge is 0.260 e. The van der Waals surface area contributed by atoms with Crippen molar-refractivity contribution in [3.63, 3.8) is 0 Å². The molecule has 1 amide bonds. The van der Waals surface area contributed by atoms with Crippen molar-refractivity contribution in [3.8, 4) is 17.1 Å². The van der Waals surface area contributed by atoms with Crippen LogP contribution in [0.15, 0.2) is 59.3 Å². The molecule has 1 aliphatic heterocycles. The molecule has 1 fully saturated rings. The number of benzene rings is 1. The fraction of sp³-hybridized carbons (Fsp3) is 0.375. The summed E-state index contributed by atoms with van der Waals surface area (Å²) >= 11 is 0. The summed E-state index contributed by atoms with van der Waals surface area (Å²) in [5, 5.41) is 4.13. The lowest BCUT2D eigenvalue weighted by Crippen LogP contribution is -2.38. The van der Waals surface area contributed by atoms with Crippen LogP contribution >= 0.6 is 0 Å². The third kappa shape index (κ3) is 5.70. The van der Waals surface area contributed by atoms with Gasteiger partial charge in [-0.25, -0.2) is 0 Å². The molecule has 1 aromatic carbocycles. The Morgan fingerprint density at radius 1 is 1.06 bits per heavy atom. The van der Waals surface area contributed by atoms with Gasteiger partial charge in [-0.3, -0.25) is 14.7 Å². The normalized spacial score (nSPS) is 14.1. The van der Waals surface area contributed by atoms with Crippen LogP contribution in [0, 0.1) is 0 Å². The minimum Gasteiger partial charge on any atom is -0.483 e. The van der Waals surface area contributed by atoms with Gasteiger partial charge in [0.15, 0.2) is 12.4 Å². The molecule has 3 heterocycles. The lowest BCUT2D eigenvalue weighted by Gasteiger charge is -2.26. The molecule has 3 aromatic rings. The molecule has 4 rings (SSSR count). The van der Waals surface area contributed by atoms with Crippen molar-refractivity contribution in [1.82, 2.24) is 19.9 Å². The van der Waals surface area contributed by atoms with E-state index >= 15 is 0 Å². The van der Waals surface area contributed by atoms with E-state index in [1.807, 2.05) is 60.5 Å². The molecule has 162 valence electrons. The van der Waals surface area contributed by atoms with Crippen molar-refractivity contribution >= 4 is 5.91 Å². The molecule has 1 saturated heterocycles. The van der Waals surface area contributed by atoms with Crippen LogP contribution in [0.25, 0.3) is 11.4 Å². The fourth-order valence-electron chi connectivity index (χ4n) is 3.78. The van der Waals surface area contributed by atoms with Crippen molar-refractivity contribution in [2.45, 2.75) is 32.4 Å². The molecule has 0 atom stereocenters. The van der Waals surface area contributed by atoms with Crippen LogP contribution in [-0.4, -0.2) is 52.6 Å². The maximum Gasteiger partial charge on any atom is 0.260 e. The minimum absolute atomic E-state index is 0.0616. The standard InChI is InChI=1S/C24H28N4O3/c1-27(17-20-15-22(26-31-20)21-10-5-6-12-25-21)16-19-9-3-4-11-23(19)30-18-24(29)28-13-7-2-8-14-28/h3-6,9-12,15H,2,7-8,13-14,16-18H2,1H3. The Bertz CT molecular complexity index is 983. The first-order valence-electron chi connectivity index (χ1n) is 10.7. The maximum absolute atomic E-state index is 12.4. The van der Waals surface area contributed by atoms with Crippen molar-refractivity contribution in [2.24, 2.45) is 0 Å². The van der Waals surface area contributed by atoms with Crippen molar-refractivity contribution in [3.05, 3.63) is 66.1 Å². The van der Waals surface area contributed by atoms with E-state index in [1.165, 1.54) is 6.42 Å². The monoisotopic (exact) mass is 420 g/mol.